The van der Waals surface area contributed by atoms with Crippen molar-refractivity contribution in [3.63, 3.8) is 0 Å². The number of furan rings is 1. The molecule has 0 bridgehead atoms. The molecule has 0 atom stereocenters. The molecule has 5 rings (SSSR count). The summed E-state index contributed by atoms with van der Waals surface area (Å²) >= 11 is 1.21. The van der Waals surface area contributed by atoms with Gasteiger partial charge < -0.3 is 14.4 Å². The van der Waals surface area contributed by atoms with Crippen LogP contribution in [0.25, 0.3) is 32.7 Å². The average Bonchev–Trinajstić information content (AvgIpc) is 3.49. The molecule has 1 amide bonds. The van der Waals surface area contributed by atoms with E-state index in [-0.39, 0.29) is 22.7 Å². The van der Waals surface area contributed by atoms with E-state index in [0.717, 1.165) is 58.4 Å². The molecule has 1 fully saturated rings. The van der Waals surface area contributed by atoms with E-state index in [4.69, 9.17) is 4.42 Å². The molecule has 4 aromatic rings. The Morgan fingerprint density at radius 3 is 2.39 bits per heavy atom. The van der Waals surface area contributed by atoms with Crippen molar-refractivity contribution in [2.75, 3.05) is 4.90 Å². The molecule has 6 nitrogen and oxygen atoms in total. The third-order valence-electron chi connectivity index (χ3n) is 7.06. The predicted molar refractivity (Wildman–Crippen MR) is 143 cm³/mol. The molecule has 1 aromatic carbocycles. The number of hydrogen-bond donors (Lipinski definition) is 1. The zero-order valence-electron chi connectivity index (χ0n) is 20.7. The van der Waals surface area contributed by atoms with E-state index in [1.807, 2.05) is 56.3 Å². The number of carbonyl (C=O) groups excluding carboxylic acids is 1. The van der Waals surface area contributed by atoms with E-state index in [1.54, 1.807) is 17.3 Å². The summed E-state index contributed by atoms with van der Waals surface area (Å²) in [7, 11) is 0. The smallest absolute Gasteiger partial charge is 0.348 e. The van der Waals surface area contributed by atoms with Gasteiger partial charge in [0.05, 0.1) is 5.69 Å². The minimum Gasteiger partial charge on any atom is -0.477 e. The minimum atomic E-state index is -1.01. The minimum absolute atomic E-state index is 0.0403. The number of thiophene rings is 1. The molecule has 1 aliphatic rings. The molecule has 3 heterocycles. The first-order valence-electron chi connectivity index (χ1n) is 12.5. The van der Waals surface area contributed by atoms with Gasteiger partial charge in [-0.15, -0.1) is 11.3 Å². The summed E-state index contributed by atoms with van der Waals surface area (Å²) in [6, 6.07) is 13.4. The Hall–Kier alpha value is -3.45. The van der Waals surface area contributed by atoms with Crippen molar-refractivity contribution >= 4 is 39.9 Å². The number of nitrogens with zero attached hydrogens (tertiary/aromatic N) is 2. The third kappa shape index (κ3) is 4.67. The number of carbonyl (C=O) groups is 2. The van der Waals surface area contributed by atoms with Crippen molar-refractivity contribution in [1.29, 1.82) is 0 Å². The van der Waals surface area contributed by atoms with Crippen LogP contribution in [-0.2, 0) is 4.79 Å². The topological polar surface area (TPSA) is 83.6 Å². The summed E-state index contributed by atoms with van der Waals surface area (Å²) in [6.07, 6.45) is 7.28. The van der Waals surface area contributed by atoms with Gasteiger partial charge in [-0.3, -0.25) is 9.78 Å². The highest BCUT2D eigenvalue weighted by molar-refractivity contribution is 7.18. The second-order valence-corrected chi connectivity index (χ2v) is 11.0. The molecule has 1 aliphatic carbocycles. The number of pyridine rings is 1. The van der Waals surface area contributed by atoms with Gasteiger partial charge in [-0.25, -0.2) is 4.79 Å². The van der Waals surface area contributed by atoms with Gasteiger partial charge in [0.2, 0.25) is 5.91 Å². The molecule has 7 heteroatoms. The van der Waals surface area contributed by atoms with Crippen molar-refractivity contribution in [2.45, 2.75) is 52.5 Å². The molecule has 0 aliphatic heterocycles. The highest BCUT2D eigenvalue weighted by atomic mass is 32.1. The number of amides is 1. The van der Waals surface area contributed by atoms with Gasteiger partial charge in [-0.1, -0.05) is 31.2 Å². The molecule has 1 N–H and O–H groups in total. The summed E-state index contributed by atoms with van der Waals surface area (Å²) in [5.41, 5.74) is 3.10. The zero-order valence-corrected chi connectivity index (χ0v) is 21.5. The Bertz CT molecular complexity index is 1360. The lowest BCUT2D eigenvalue weighted by molar-refractivity contribution is -0.123. The lowest BCUT2D eigenvalue weighted by Crippen LogP contribution is -2.42. The van der Waals surface area contributed by atoms with Crippen LogP contribution in [-0.4, -0.2) is 28.0 Å². The standard InChI is InChI=1S/C29H30N2O4S/c1-17(2)31(28(32)21-6-4-18(3)5-7-21)23-15-26(36-27(23)29(33)34)20-10-8-19(9-11-20)25-14-22-16-30-13-12-24(22)35-25/h8-18,21H,4-7H2,1-3H3,(H,33,34). The SMILES string of the molecule is CC1CCC(C(=O)N(c2cc(-c3ccc(-c4cc5cnccc5o4)cc3)sc2C(=O)O)C(C)C)CC1. The van der Waals surface area contributed by atoms with Crippen LogP contribution in [0.2, 0.25) is 0 Å². The van der Waals surface area contributed by atoms with Crippen LogP contribution in [0, 0.1) is 11.8 Å². The Labute approximate surface area is 214 Å². The maximum Gasteiger partial charge on any atom is 0.348 e. The molecular weight excluding hydrogens is 472 g/mol. The fourth-order valence-corrected chi connectivity index (χ4v) is 6.03. The normalized spacial score (nSPS) is 18.0. The number of rotatable bonds is 6. The first-order valence-corrected chi connectivity index (χ1v) is 13.3. The van der Waals surface area contributed by atoms with E-state index >= 15 is 0 Å². The molecule has 0 radical (unpaired) electrons. The van der Waals surface area contributed by atoms with Gasteiger partial charge in [-0.05, 0) is 69.2 Å². The summed E-state index contributed by atoms with van der Waals surface area (Å²) < 4.78 is 5.94. The van der Waals surface area contributed by atoms with Gasteiger partial charge in [0.1, 0.15) is 16.2 Å². The van der Waals surface area contributed by atoms with E-state index in [9.17, 15) is 14.7 Å². The second-order valence-electron chi connectivity index (χ2n) is 9.99. The molecule has 0 spiro atoms. The van der Waals surface area contributed by atoms with Crippen LogP contribution in [0.3, 0.4) is 0 Å². The van der Waals surface area contributed by atoms with Crippen LogP contribution in [0.1, 0.15) is 56.1 Å². The Balaban J connectivity index is 1.46. The second kappa shape index (κ2) is 9.90. The fourth-order valence-electron chi connectivity index (χ4n) is 5.04. The zero-order chi connectivity index (χ0) is 25.4. The molecule has 1 saturated carbocycles. The van der Waals surface area contributed by atoms with Crippen molar-refractivity contribution in [1.82, 2.24) is 4.98 Å². The lowest BCUT2D eigenvalue weighted by atomic mass is 9.82. The molecule has 3 aromatic heterocycles. The van der Waals surface area contributed by atoms with Gasteiger partial charge >= 0.3 is 5.97 Å². The summed E-state index contributed by atoms with van der Waals surface area (Å²) in [5, 5.41) is 10.9. The summed E-state index contributed by atoms with van der Waals surface area (Å²) in [6.45, 7) is 6.12. The Morgan fingerprint density at radius 2 is 1.75 bits per heavy atom. The molecule has 36 heavy (non-hydrogen) atoms. The molecule has 0 unspecified atom stereocenters. The average molecular weight is 503 g/mol. The van der Waals surface area contributed by atoms with Gasteiger partial charge in [0.25, 0.3) is 0 Å². The van der Waals surface area contributed by atoms with Gasteiger partial charge in [-0.2, -0.15) is 0 Å². The van der Waals surface area contributed by atoms with E-state index < -0.39 is 5.97 Å². The highest BCUT2D eigenvalue weighted by Gasteiger charge is 2.33. The van der Waals surface area contributed by atoms with E-state index in [1.165, 1.54) is 11.3 Å². The van der Waals surface area contributed by atoms with E-state index in [0.29, 0.717) is 11.6 Å². The lowest BCUT2D eigenvalue weighted by Gasteiger charge is -2.33. The third-order valence-corrected chi connectivity index (χ3v) is 8.22. The van der Waals surface area contributed by atoms with Crippen LogP contribution < -0.4 is 4.90 Å². The van der Waals surface area contributed by atoms with E-state index in [2.05, 4.69) is 11.9 Å². The maximum absolute atomic E-state index is 13.6. The quantitative estimate of drug-likeness (QED) is 0.295. The first-order chi connectivity index (χ1) is 17.3. The number of carboxylic acids is 1. The van der Waals surface area contributed by atoms with Crippen molar-refractivity contribution < 1.29 is 19.1 Å². The van der Waals surface area contributed by atoms with Gasteiger partial charge in [0.15, 0.2) is 0 Å². The predicted octanol–water partition coefficient (Wildman–Crippen LogP) is 7.49. The van der Waals surface area contributed by atoms with Crippen LogP contribution >= 0.6 is 11.3 Å². The summed E-state index contributed by atoms with van der Waals surface area (Å²) in [4.78, 5) is 32.6. The number of fused-ring (bicyclic) bond motifs is 1. The number of aromatic carboxylic acids is 1. The molecule has 186 valence electrons. The van der Waals surface area contributed by atoms with Crippen molar-refractivity contribution in [2.24, 2.45) is 11.8 Å². The number of benzene rings is 1. The number of anilines is 1. The maximum atomic E-state index is 13.6. The number of hydrogen-bond acceptors (Lipinski definition) is 5. The summed E-state index contributed by atoms with van der Waals surface area (Å²) in [5.74, 6) is 0.374. The van der Waals surface area contributed by atoms with Crippen LogP contribution in [0.15, 0.2) is 59.3 Å². The Kier molecular flexibility index (Phi) is 6.67. The fraction of sp³-hybridized carbons (Fsp3) is 0.345. The largest absolute Gasteiger partial charge is 0.477 e. The monoisotopic (exact) mass is 502 g/mol. The number of aromatic nitrogens is 1. The van der Waals surface area contributed by atoms with Crippen molar-refractivity contribution in [3.05, 3.63) is 59.7 Å². The first kappa shape index (κ1) is 24.3. The molecular formula is C29H30N2O4S. The molecule has 0 saturated heterocycles. The number of carboxylic acid groups (broad SMARTS) is 1. The highest BCUT2D eigenvalue weighted by Crippen LogP contribution is 2.40. The van der Waals surface area contributed by atoms with Crippen LogP contribution in [0.5, 0.6) is 0 Å². The van der Waals surface area contributed by atoms with Crippen molar-refractivity contribution in [3.8, 4) is 21.8 Å². The van der Waals surface area contributed by atoms with Gasteiger partial charge in [0, 0.05) is 40.2 Å². The van der Waals surface area contributed by atoms with Crippen LogP contribution in [0.4, 0.5) is 5.69 Å². The Morgan fingerprint density at radius 1 is 1.06 bits per heavy atom.